The minimum atomic E-state index is -0.496. The highest BCUT2D eigenvalue weighted by atomic mass is 35.5. The second kappa shape index (κ2) is 19.1. The molecule has 31 heavy (non-hydrogen) atoms. The van der Waals surface area contributed by atoms with Crippen LogP contribution in [0.25, 0.3) is 0 Å². The number of aldehydes is 1. The van der Waals surface area contributed by atoms with Crippen molar-refractivity contribution in [1.29, 1.82) is 0 Å². The van der Waals surface area contributed by atoms with Crippen LogP contribution in [-0.4, -0.2) is 37.4 Å². The van der Waals surface area contributed by atoms with Gasteiger partial charge in [-0.3, -0.25) is 19.4 Å². The third-order valence-electron chi connectivity index (χ3n) is 2.79. The number of amides is 2. The first-order valence-corrected chi connectivity index (χ1v) is 9.24. The number of hydrogen-bond acceptors (Lipinski definition) is 5. The third kappa shape index (κ3) is 15.0. The zero-order valence-corrected chi connectivity index (χ0v) is 20.4. The summed E-state index contributed by atoms with van der Waals surface area (Å²) in [5, 5.41) is 1.77. The van der Waals surface area contributed by atoms with Crippen molar-refractivity contribution in [2.45, 2.75) is 0 Å². The van der Waals surface area contributed by atoms with Crippen LogP contribution in [0.3, 0.4) is 0 Å². The van der Waals surface area contributed by atoms with E-state index in [4.69, 9.17) is 57.9 Å². The average molecular weight is 553 g/mol. The number of nitrogens with zero attached hydrogens (tertiary/aromatic N) is 1. The van der Waals surface area contributed by atoms with Gasteiger partial charge in [0.25, 0.3) is 0 Å². The molecule has 0 heterocycles. The second-order valence-electron chi connectivity index (χ2n) is 5.00. The van der Waals surface area contributed by atoms with E-state index in [1.165, 1.54) is 6.21 Å². The summed E-state index contributed by atoms with van der Waals surface area (Å²) < 4.78 is 0. The first-order chi connectivity index (χ1) is 13.6. The van der Waals surface area contributed by atoms with Crippen LogP contribution in [0.5, 0.6) is 0 Å². The number of hydrogen-bond donors (Lipinski definition) is 3. The van der Waals surface area contributed by atoms with Crippen LogP contribution in [0.2, 0.25) is 20.1 Å². The molecule has 0 fully saturated rings. The summed E-state index contributed by atoms with van der Waals surface area (Å²) >= 11 is 22.9. The molecule has 0 saturated carbocycles. The van der Waals surface area contributed by atoms with Crippen LogP contribution in [-0.2, 0) is 9.59 Å². The molecule has 0 bridgehead atoms. The fourth-order valence-corrected chi connectivity index (χ4v) is 2.47. The highest BCUT2D eigenvalue weighted by molar-refractivity contribution is 6.39. The molecule has 172 valence electrons. The summed E-state index contributed by atoms with van der Waals surface area (Å²) in [6.45, 7) is -0.123. The first-order valence-electron chi connectivity index (χ1n) is 7.73. The standard InChI is InChI=1S/C9H8Cl2N2O.C7H4Cl2O.C2H6N2O.2ClH/c10-7-2-1-3-8(11)6(7)4-13-5-9(12)14;8-6-2-1-3-7(9)5(6)4-10;3-1-2(4)5;;/h1-4H,5H2,(H2,12,14);1-4H;1,3H2,(H2,4,5);2*1H. The van der Waals surface area contributed by atoms with E-state index in [2.05, 4.69) is 10.7 Å². The number of rotatable bonds is 5. The van der Waals surface area contributed by atoms with E-state index in [-0.39, 0.29) is 37.9 Å². The molecule has 0 aromatic heterocycles. The fourth-order valence-electron chi connectivity index (χ4n) is 1.48. The van der Waals surface area contributed by atoms with E-state index in [0.29, 0.717) is 37.5 Å². The van der Waals surface area contributed by atoms with Crippen molar-refractivity contribution in [2.75, 3.05) is 13.1 Å². The van der Waals surface area contributed by atoms with Crippen molar-refractivity contribution < 1.29 is 14.4 Å². The molecule has 0 aliphatic heterocycles. The van der Waals surface area contributed by atoms with Gasteiger partial charge in [-0.05, 0) is 24.3 Å². The Kier molecular flexibility index (Phi) is 21.0. The lowest BCUT2D eigenvalue weighted by Crippen LogP contribution is -2.21. The molecule has 0 unspecified atom stereocenters. The van der Waals surface area contributed by atoms with Crippen molar-refractivity contribution >= 4 is 95.5 Å². The predicted octanol–water partition coefficient (Wildman–Crippen LogP) is 3.98. The van der Waals surface area contributed by atoms with Crippen LogP contribution in [0, 0.1) is 0 Å². The minimum Gasteiger partial charge on any atom is -0.369 e. The molecule has 2 aromatic carbocycles. The smallest absolute Gasteiger partial charge is 0.239 e. The van der Waals surface area contributed by atoms with Gasteiger partial charge in [-0.15, -0.1) is 24.8 Å². The normalized spacial score (nSPS) is 9.06. The molecule has 13 heteroatoms. The third-order valence-corrected chi connectivity index (χ3v) is 4.10. The van der Waals surface area contributed by atoms with Crippen molar-refractivity contribution in [3.05, 3.63) is 67.6 Å². The van der Waals surface area contributed by atoms with Gasteiger partial charge in [0.05, 0.1) is 32.2 Å². The van der Waals surface area contributed by atoms with Crippen molar-refractivity contribution in [1.82, 2.24) is 0 Å². The van der Waals surface area contributed by atoms with Crippen LogP contribution in [0.15, 0.2) is 41.4 Å². The maximum atomic E-state index is 10.4. The summed E-state index contributed by atoms with van der Waals surface area (Å²) in [4.78, 5) is 33.9. The number of benzene rings is 2. The highest BCUT2D eigenvalue weighted by Crippen LogP contribution is 2.22. The lowest BCUT2D eigenvalue weighted by Gasteiger charge is -1.99. The molecule has 0 saturated heterocycles. The Morgan fingerprint density at radius 3 is 1.42 bits per heavy atom. The zero-order valence-electron chi connectivity index (χ0n) is 15.8. The van der Waals surface area contributed by atoms with E-state index in [1.807, 2.05) is 0 Å². The maximum absolute atomic E-state index is 10.4. The van der Waals surface area contributed by atoms with Gasteiger partial charge in [-0.1, -0.05) is 58.5 Å². The van der Waals surface area contributed by atoms with E-state index in [0.717, 1.165) is 0 Å². The van der Waals surface area contributed by atoms with E-state index >= 15 is 0 Å². The van der Waals surface area contributed by atoms with E-state index in [9.17, 15) is 14.4 Å². The summed E-state index contributed by atoms with van der Waals surface area (Å²) in [6.07, 6.45) is 2.08. The van der Waals surface area contributed by atoms with Gasteiger partial charge in [0.15, 0.2) is 6.29 Å². The predicted molar refractivity (Wildman–Crippen MR) is 133 cm³/mol. The van der Waals surface area contributed by atoms with E-state index in [1.54, 1.807) is 36.4 Å². The summed E-state index contributed by atoms with van der Waals surface area (Å²) in [5.41, 5.74) is 15.1. The number of primary amides is 2. The number of aliphatic imine (C=N–C) groups is 1. The molecular formula is C18H20Cl6N4O3. The number of carbonyl (C=O) groups is 3. The minimum absolute atomic E-state index is 0. The first kappa shape index (κ1) is 34.0. The lowest BCUT2D eigenvalue weighted by atomic mass is 10.2. The molecule has 0 atom stereocenters. The van der Waals surface area contributed by atoms with Crippen molar-refractivity contribution in [2.24, 2.45) is 22.2 Å². The molecule has 2 amide bonds. The molecule has 0 spiro atoms. The van der Waals surface area contributed by atoms with Crippen molar-refractivity contribution in [3.8, 4) is 0 Å². The molecule has 2 rings (SSSR count). The van der Waals surface area contributed by atoms with Crippen molar-refractivity contribution in [3.63, 3.8) is 0 Å². The van der Waals surface area contributed by atoms with Gasteiger partial charge in [-0.25, -0.2) is 0 Å². The quantitative estimate of drug-likeness (QED) is 0.381. The summed E-state index contributed by atoms with van der Waals surface area (Å²) in [5.74, 6) is -0.963. The summed E-state index contributed by atoms with van der Waals surface area (Å²) in [7, 11) is 0. The van der Waals surface area contributed by atoms with Crippen LogP contribution in [0.1, 0.15) is 15.9 Å². The molecule has 0 aliphatic rings. The van der Waals surface area contributed by atoms with Gasteiger partial charge in [0, 0.05) is 11.8 Å². The molecule has 0 radical (unpaired) electrons. The van der Waals surface area contributed by atoms with Crippen LogP contribution >= 0.6 is 71.2 Å². The second-order valence-corrected chi connectivity index (χ2v) is 6.62. The fraction of sp³-hybridized carbons (Fsp3) is 0.111. The Balaban J connectivity index is -0.000000407. The molecule has 7 nitrogen and oxygen atoms in total. The van der Waals surface area contributed by atoms with Gasteiger partial charge in [-0.2, -0.15) is 0 Å². The SMILES string of the molecule is Cl.Cl.NC(=O)CN=Cc1c(Cl)cccc1Cl.NCC(N)=O.O=Cc1c(Cl)cccc1Cl. The molecular weight excluding hydrogens is 533 g/mol. The largest absolute Gasteiger partial charge is 0.369 e. The maximum Gasteiger partial charge on any atom is 0.239 e. The number of carbonyl (C=O) groups excluding carboxylic acids is 3. The van der Waals surface area contributed by atoms with Crippen LogP contribution in [0.4, 0.5) is 0 Å². The Morgan fingerprint density at radius 2 is 1.16 bits per heavy atom. The average Bonchev–Trinajstić information content (AvgIpc) is 2.65. The molecule has 6 N–H and O–H groups in total. The zero-order chi connectivity index (χ0) is 22.4. The van der Waals surface area contributed by atoms with Gasteiger partial charge >= 0.3 is 0 Å². The topological polar surface area (TPSA) is 142 Å². The Labute approximate surface area is 212 Å². The highest BCUT2D eigenvalue weighted by Gasteiger charge is 2.02. The molecule has 2 aromatic rings. The van der Waals surface area contributed by atoms with Crippen LogP contribution < -0.4 is 17.2 Å². The monoisotopic (exact) mass is 550 g/mol. The van der Waals surface area contributed by atoms with Gasteiger partial charge in [0.2, 0.25) is 11.8 Å². The van der Waals surface area contributed by atoms with Gasteiger partial charge < -0.3 is 17.2 Å². The van der Waals surface area contributed by atoms with E-state index < -0.39 is 11.8 Å². The molecule has 0 aliphatic carbocycles. The number of nitrogens with two attached hydrogens (primary N) is 3. The number of halogens is 6. The lowest BCUT2D eigenvalue weighted by molar-refractivity contribution is -0.117. The van der Waals surface area contributed by atoms with Gasteiger partial charge in [0.1, 0.15) is 6.54 Å². The Bertz CT molecular complexity index is 841. The Morgan fingerprint density at radius 1 is 0.806 bits per heavy atom. The Hall–Kier alpha value is -1.58. The summed E-state index contributed by atoms with van der Waals surface area (Å²) in [6, 6.07) is 10.1.